The summed E-state index contributed by atoms with van der Waals surface area (Å²) in [6.07, 6.45) is 0. The molecule has 0 fully saturated rings. The van der Waals surface area contributed by atoms with Gasteiger partial charge in [0.15, 0.2) is 0 Å². The van der Waals surface area contributed by atoms with E-state index >= 15 is 0 Å². The Morgan fingerprint density at radius 3 is 2.62 bits per heavy atom. The van der Waals surface area contributed by atoms with Crippen molar-refractivity contribution < 1.29 is 9.90 Å². The number of aromatic carboxylic acids is 1. The lowest BCUT2D eigenvalue weighted by molar-refractivity contribution is 0.0699. The minimum Gasteiger partial charge on any atom is -0.478 e. The fourth-order valence-corrected chi connectivity index (χ4v) is 3.43. The molecule has 3 aromatic rings. The van der Waals surface area contributed by atoms with E-state index in [1.54, 1.807) is 18.2 Å². The monoisotopic (exact) mass is 410 g/mol. The van der Waals surface area contributed by atoms with Crippen molar-refractivity contribution >= 4 is 48.9 Å². The van der Waals surface area contributed by atoms with Gasteiger partial charge in [0.2, 0.25) is 0 Å². The highest BCUT2D eigenvalue weighted by atomic mass is 79.9. The average Bonchev–Trinajstić information content (AvgIpc) is 2.74. The maximum atomic E-state index is 12.2. The van der Waals surface area contributed by atoms with Crippen molar-refractivity contribution in [3.8, 4) is 5.69 Å². The van der Waals surface area contributed by atoms with Crippen molar-refractivity contribution in [1.29, 1.82) is 0 Å². The molecule has 0 aliphatic carbocycles. The van der Waals surface area contributed by atoms with E-state index in [1.165, 1.54) is 10.6 Å². The number of nitrogens with zero attached hydrogens (tertiary/aromatic N) is 1. The molecule has 5 nitrogen and oxygen atoms in total. The number of hydrogen-bond donors (Lipinski definition) is 2. The molecule has 0 radical (unpaired) electrons. The van der Waals surface area contributed by atoms with Crippen LogP contribution in [0.1, 0.15) is 10.4 Å². The van der Waals surface area contributed by atoms with Crippen LogP contribution in [-0.2, 0) is 0 Å². The van der Waals surface area contributed by atoms with Crippen LogP contribution in [-0.4, -0.2) is 20.6 Å². The van der Waals surface area contributed by atoms with Gasteiger partial charge in [-0.3, -0.25) is 4.57 Å². The summed E-state index contributed by atoms with van der Waals surface area (Å²) in [6.45, 7) is 0. The second-order valence-electron chi connectivity index (χ2n) is 4.37. The van der Waals surface area contributed by atoms with Gasteiger partial charge in [0.1, 0.15) is 0 Å². The average molecular weight is 412 g/mol. The lowest BCUT2D eigenvalue weighted by Gasteiger charge is -2.07. The summed E-state index contributed by atoms with van der Waals surface area (Å²) >= 11 is 6.77. The molecule has 0 aliphatic rings. The molecule has 2 aromatic carbocycles. The number of benzene rings is 2. The molecule has 0 bridgehead atoms. The lowest BCUT2D eigenvalue weighted by Crippen LogP contribution is -2.14. The number of imidazole rings is 1. The van der Waals surface area contributed by atoms with Crippen LogP contribution >= 0.6 is 31.9 Å². The molecule has 1 aromatic heterocycles. The Bertz CT molecular complexity index is 928. The molecule has 21 heavy (non-hydrogen) atoms. The zero-order valence-electron chi connectivity index (χ0n) is 10.4. The van der Waals surface area contributed by atoms with Gasteiger partial charge < -0.3 is 10.1 Å². The van der Waals surface area contributed by atoms with E-state index in [9.17, 15) is 14.7 Å². The summed E-state index contributed by atoms with van der Waals surface area (Å²) in [5.41, 5.74) is 1.14. The number of H-pyrrole nitrogens is 1. The van der Waals surface area contributed by atoms with Gasteiger partial charge in [-0.15, -0.1) is 0 Å². The highest BCUT2D eigenvalue weighted by molar-refractivity contribution is 9.11. The number of para-hydroxylation sites is 1. The van der Waals surface area contributed by atoms with E-state index in [0.717, 1.165) is 8.95 Å². The Balaban J connectivity index is 2.39. The quantitative estimate of drug-likeness (QED) is 0.677. The summed E-state index contributed by atoms with van der Waals surface area (Å²) in [6, 6.07) is 10.2. The summed E-state index contributed by atoms with van der Waals surface area (Å²) in [5.74, 6) is -1.08. The number of carboxylic acid groups (broad SMARTS) is 1. The minimum absolute atomic E-state index is 0.0663. The lowest BCUT2D eigenvalue weighted by atomic mass is 10.2. The fourth-order valence-electron chi connectivity index (χ4n) is 2.21. The van der Waals surface area contributed by atoms with Crippen molar-refractivity contribution in [2.45, 2.75) is 0 Å². The molecule has 7 heteroatoms. The first kappa shape index (κ1) is 14.1. The van der Waals surface area contributed by atoms with Crippen LogP contribution in [0, 0.1) is 0 Å². The van der Waals surface area contributed by atoms with Gasteiger partial charge in [0.05, 0.1) is 22.3 Å². The Hall–Kier alpha value is -1.86. The Kier molecular flexibility index (Phi) is 3.46. The molecule has 0 saturated heterocycles. The molecule has 2 N–H and O–H groups in total. The van der Waals surface area contributed by atoms with Crippen LogP contribution in [0.2, 0.25) is 0 Å². The molecule has 0 spiro atoms. The van der Waals surface area contributed by atoms with Crippen molar-refractivity contribution in [3.63, 3.8) is 0 Å². The van der Waals surface area contributed by atoms with Crippen LogP contribution in [0.25, 0.3) is 16.7 Å². The predicted molar refractivity (Wildman–Crippen MR) is 86.3 cm³/mol. The first-order valence-electron chi connectivity index (χ1n) is 5.91. The van der Waals surface area contributed by atoms with Gasteiger partial charge in [-0.05, 0) is 46.3 Å². The number of rotatable bonds is 2. The molecule has 0 saturated carbocycles. The van der Waals surface area contributed by atoms with Crippen LogP contribution in [0.5, 0.6) is 0 Å². The van der Waals surface area contributed by atoms with Gasteiger partial charge in [0.25, 0.3) is 0 Å². The fraction of sp³-hybridized carbons (Fsp3) is 0. The Morgan fingerprint density at radius 1 is 1.19 bits per heavy atom. The molecule has 0 atom stereocenters. The summed E-state index contributed by atoms with van der Waals surface area (Å²) in [5, 5.41) is 9.20. The van der Waals surface area contributed by atoms with E-state index in [0.29, 0.717) is 16.7 Å². The van der Waals surface area contributed by atoms with Crippen LogP contribution in [0.15, 0.2) is 50.1 Å². The molecule has 3 rings (SSSR count). The van der Waals surface area contributed by atoms with Crippen molar-refractivity contribution in [2.75, 3.05) is 0 Å². The third-order valence-corrected chi connectivity index (χ3v) is 4.23. The topological polar surface area (TPSA) is 75.1 Å². The van der Waals surface area contributed by atoms with E-state index < -0.39 is 5.97 Å². The zero-order valence-corrected chi connectivity index (χ0v) is 13.6. The van der Waals surface area contributed by atoms with Gasteiger partial charge in [-0.2, -0.15) is 0 Å². The molecular weight excluding hydrogens is 404 g/mol. The molecular formula is C14H8Br2N2O3. The third-order valence-electron chi connectivity index (χ3n) is 3.10. The van der Waals surface area contributed by atoms with E-state index in [2.05, 4.69) is 36.8 Å². The number of hydrogen-bond acceptors (Lipinski definition) is 2. The van der Waals surface area contributed by atoms with Crippen LogP contribution in [0.3, 0.4) is 0 Å². The van der Waals surface area contributed by atoms with Gasteiger partial charge in [-0.1, -0.05) is 22.0 Å². The second-order valence-corrected chi connectivity index (χ2v) is 6.14. The Morgan fingerprint density at radius 2 is 1.95 bits per heavy atom. The largest absolute Gasteiger partial charge is 0.478 e. The van der Waals surface area contributed by atoms with Gasteiger partial charge >= 0.3 is 11.7 Å². The van der Waals surface area contributed by atoms with Crippen LogP contribution in [0.4, 0.5) is 0 Å². The highest BCUT2D eigenvalue weighted by Crippen LogP contribution is 2.27. The third kappa shape index (κ3) is 2.32. The second kappa shape index (κ2) is 5.16. The van der Waals surface area contributed by atoms with E-state index in [-0.39, 0.29) is 11.3 Å². The minimum atomic E-state index is -1.08. The standard InChI is InChI=1S/C14H8Br2N2O3/c15-7-4-5-10(9(16)6-7)18-11-3-1-2-8(13(19)20)12(11)17-14(18)21/h1-6H,(H,17,21)(H,19,20). The predicted octanol–water partition coefficient (Wildman–Crippen LogP) is 3.54. The van der Waals surface area contributed by atoms with Gasteiger partial charge in [-0.25, -0.2) is 9.59 Å². The first-order valence-corrected chi connectivity index (χ1v) is 7.50. The molecule has 1 heterocycles. The summed E-state index contributed by atoms with van der Waals surface area (Å²) in [4.78, 5) is 26.1. The Labute approximate surface area is 135 Å². The van der Waals surface area contributed by atoms with Gasteiger partial charge in [0, 0.05) is 8.95 Å². The number of aromatic amines is 1. The number of carboxylic acids is 1. The van der Waals surface area contributed by atoms with Crippen LogP contribution < -0.4 is 5.69 Å². The summed E-state index contributed by atoms with van der Waals surface area (Å²) in [7, 11) is 0. The molecule has 106 valence electrons. The highest BCUT2D eigenvalue weighted by Gasteiger charge is 2.16. The normalized spacial score (nSPS) is 11.0. The van der Waals surface area contributed by atoms with Crippen molar-refractivity contribution in [1.82, 2.24) is 9.55 Å². The van der Waals surface area contributed by atoms with E-state index in [1.807, 2.05) is 12.1 Å². The SMILES string of the molecule is O=C(O)c1cccc2c1[nH]c(=O)n2-c1ccc(Br)cc1Br. The number of fused-ring (bicyclic) bond motifs is 1. The van der Waals surface area contributed by atoms with Crippen molar-refractivity contribution in [2.24, 2.45) is 0 Å². The number of nitrogens with one attached hydrogen (secondary N) is 1. The maximum absolute atomic E-state index is 12.2. The first-order chi connectivity index (χ1) is 9.99. The summed E-state index contributed by atoms with van der Waals surface area (Å²) < 4.78 is 3.04. The molecule has 0 unspecified atom stereocenters. The number of halogens is 2. The smallest absolute Gasteiger partial charge is 0.337 e. The molecule has 0 aliphatic heterocycles. The van der Waals surface area contributed by atoms with E-state index in [4.69, 9.17) is 0 Å². The zero-order chi connectivity index (χ0) is 15.1. The maximum Gasteiger partial charge on any atom is 0.337 e. The van der Waals surface area contributed by atoms with Crippen molar-refractivity contribution in [3.05, 3.63) is 61.4 Å². The number of aromatic nitrogens is 2. The molecule has 0 amide bonds. The number of carbonyl (C=O) groups is 1.